The Balaban J connectivity index is 2.43. The van der Waals surface area contributed by atoms with E-state index >= 15 is 0 Å². The van der Waals surface area contributed by atoms with E-state index in [1.165, 1.54) is 22.5 Å². The zero-order chi connectivity index (χ0) is 10.8. The Morgan fingerprint density at radius 2 is 2.53 bits per heavy atom. The lowest BCUT2D eigenvalue weighted by atomic mass is 10.3. The maximum absolute atomic E-state index is 11.8. The molecule has 0 saturated carbocycles. The summed E-state index contributed by atoms with van der Waals surface area (Å²) in [5.41, 5.74) is -0.286. The van der Waals surface area contributed by atoms with E-state index in [1.54, 1.807) is 6.92 Å². The van der Waals surface area contributed by atoms with Gasteiger partial charge in [-0.05, 0) is 6.92 Å². The number of ether oxygens (including phenoxy) is 1. The molecule has 0 bridgehead atoms. The Labute approximate surface area is 90.5 Å². The van der Waals surface area contributed by atoms with Crippen molar-refractivity contribution in [3.05, 3.63) is 22.1 Å². The van der Waals surface area contributed by atoms with Crippen LogP contribution in [0.4, 0.5) is 0 Å². The molecule has 0 atom stereocenters. The van der Waals surface area contributed by atoms with E-state index in [9.17, 15) is 9.59 Å². The van der Waals surface area contributed by atoms with Gasteiger partial charge in [-0.3, -0.25) is 9.36 Å². The topological polar surface area (TPSA) is 61.2 Å². The average molecular weight is 226 g/mol. The maximum Gasteiger partial charge on any atom is 0.345 e. The molecular weight excluding hydrogens is 216 g/mol. The molecule has 2 heterocycles. The number of aromatic nitrogens is 2. The van der Waals surface area contributed by atoms with Crippen LogP contribution < -0.4 is 5.56 Å². The Kier molecular flexibility index (Phi) is 2.77. The van der Waals surface area contributed by atoms with E-state index in [0.717, 1.165) is 5.75 Å². The number of rotatable bonds is 2. The first-order valence-corrected chi connectivity index (χ1v) is 5.62. The van der Waals surface area contributed by atoms with Gasteiger partial charge in [0, 0.05) is 18.5 Å². The highest BCUT2D eigenvalue weighted by molar-refractivity contribution is 7.99. The summed E-state index contributed by atoms with van der Waals surface area (Å²) in [6, 6.07) is 0. The molecule has 0 radical (unpaired) electrons. The van der Waals surface area contributed by atoms with Gasteiger partial charge in [-0.2, -0.15) is 0 Å². The van der Waals surface area contributed by atoms with Crippen molar-refractivity contribution in [2.75, 3.05) is 12.4 Å². The second-order valence-corrected chi connectivity index (χ2v) is 4.04. The number of thioether (sulfide) groups is 1. The van der Waals surface area contributed by atoms with E-state index in [-0.39, 0.29) is 17.7 Å². The van der Waals surface area contributed by atoms with Gasteiger partial charge in [0.05, 0.1) is 6.61 Å². The minimum absolute atomic E-state index is 0.0168. The summed E-state index contributed by atoms with van der Waals surface area (Å²) in [5.74, 6) is 0.233. The number of hydrogen-bond donors (Lipinski definition) is 0. The van der Waals surface area contributed by atoms with Crippen LogP contribution in [0.25, 0.3) is 0 Å². The number of hydrogen-bond acceptors (Lipinski definition) is 5. The van der Waals surface area contributed by atoms with Crippen LogP contribution in [0, 0.1) is 0 Å². The van der Waals surface area contributed by atoms with Crippen molar-refractivity contribution < 1.29 is 9.53 Å². The molecule has 1 aromatic rings. The van der Waals surface area contributed by atoms with Crippen molar-refractivity contribution in [2.45, 2.75) is 18.6 Å². The van der Waals surface area contributed by atoms with E-state index in [1.807, 2.05) is 0 Å². The minimum Gasteiger partial charge on any atom is -0.462 e. The lowest BCUT2D eigenvalue weighted by Crippen LogP contribution is -2.27. The third kappa shape index (κ3) is 1.77. The molecule has 2 rings (SSSR count). The van der Waals surface area contributed by atoms with Crippen LogP contribution in [0.3, 0.4) is 0 Å². The van der Waals surface area contributed by atoms with Crippen molar-refractivity contribution >= 4 is 17.7 Å². The molecule has 0 N–H and O–H groups in total. The number of nitrogens with zero attached hydrogens (tertiary/aromatic N) is 2. The van der Waals surface area contributed by atoms with Crippen molar-refractivity contribution in [2.24, 2.45) is 0 Å². The minimum atomic E-state index is -0.595. The molecule has 0 unspecified atom stereocenters. The third-order valence-corrected chi connectivity index (χ3v) is 3.02. The van der Waals surface area contributed by atoms with E-state index in [0.29, 0.717) is 11.7 Å². The summed E-state index contributed by atoms with van der Waals surface area (Å²) < 4.78 is 6.28. The second kappa shape index (κ2) is 4.06. The van der Waals surface area contributed by atoms with Crippen LogP contribution in [0.5, 0.6) is 0 Å². The van der Waals surface area contributed by atoms with Gasteiger partial charge in [0.25, 0.3) is 5.56 Å². The van der Waals surface area contributed by atoms with Gasteiger partial charge in [0.15, 0.2) is 5.16 Å². The van der Waals surface area contributed by atoms with Crippen LogP contribution in [0.2, 0.25) is 0 Å². The van der Waals surface area contributed by atoms with Crippen LogP contribution in [0.1, 0.15) is 17.3 Å². The Bertz CT molecular complexity index is 455. The highest BCUT2D eigenvalue weighted by atomic mass is 32.2. The summed E-state index contributed by atoms with van der Waals surface area (Å²) >= 11 is 1.52. The fourth-order valence-corrected chi connectivity index (χ4v) is 2.28. The molecule has 0 aliphatic carbocycles. The summed E-state index contributed by atoms with van der Waals surface area (Å²) in [4.78, 5) is 27.2. The molecule has 1 aromatic heterocycles. The zero-order valence-corrected chi connectivity index (χ0v) is 9.04. The molecule has 5 nitrogen and oxygen atoms in total. The van der Waals surface area contributed by atoms with E-state index in [2.05, 4.69) is 4.98 Å². The molecule has 80 valence electrons. The molecule has 1 aliphatic heterocycles. The van der Waals surface area contributed by atoms with Crippen molar-refractivity contribution in [1.29, 1.82) is 0 Å². The van der Waals surface area contributed by atoms with Gasteiger partial charge in [0.1, 0.15) is 5.56 Å². The lowest BCUT2D eigenvalue weighted by Gasteiger charge is -2.04. The van der Waals surface area contributed by atoms with Gasteiger partial charge in [-0.25, -0.2) is 9.78 Å². The predicted octanol–water partition coefficient (Wildman–Crippen LogP) is 0.526. The largest absolute Gasteiger partial charge is 0.462 e. The quantitative estimate of drug-likeness (QED) is 0.543. The monoisotopic (exact) mass is 226 g/mol. The number of carbonyl (C=O) groups excluding carboxylic acids is 1. The SMILES string of the molecule is CCOC(=O)c1cnc2n(c1=O)CCS2. The second-order valence-electron chi connectivity index (χ2n) is 2.98. The third-order valence-electron chi connectivity index (χ3n) is 2.05. The van der Waals surface area contributed by atoms with Gasteiger partial charge in [0.2, 0.25) is 0 Å². The molecule has 0 spiro atoms. The number of fused-ring (bicyclic) bond motifs is 1. The van der Waals surface area contributed by atoms with Crippen LogP contribution in [0.15, 0.2) is 16.1 Å². The standard InChI is InChI=1S/C9H10N2O3S/c1-2-14-8(13)6-5-10-9-11(7(6)12)3-4-15-9/h5H,2-4H2,1H3. The van der Waals surface area contributed by atoms with Gasteiger partial charge >= 0.3 is 5.97 Å². The summed E-state index contributed by atoms with van der Waals surface area (Å²) in [6.45, 7) is 2.57. The van der Waals surface area contributed by atoms with Gasteiger partial charge in [-0.1, -0.05) is 11.8 Å². The number of esters is 1. The normalized spacial score (nSPS) is 13.7. The summed E-state index contributed by atoms with van der Waals surface area (Å²) in [5, 5.41) is 0.674. The summed E-state index contributed by atoms with van der Waals surface area (Å²) in [6.07, 6.45) is 1.30. The van der Waals surface area contributed by atoms with Gasteiger partial charge in [-0.15, -0.1) is 0 Å². The molecule has 0 fully saturated rings. The molecule has 0 saturated heterocycles. The van der Waals surface area contributed by atoms with Crippen LogP contribution in [-0.4, -0.2) is 27.9 Å². The van der Waals surface area contributed by atoms with Gasteiger partial charge < -0.3 is 4.74 Å². The first kappa shape index (κ1) is 10.2. The first-order chi connectivity index (χ1) is 7.24. The predicted molar refractivity (Wildman–Crippen MR) is 55.2 cm³/mol. The smallest absolute Gasteiger partial charge is 0.345 e. The molecule has 15 heavy (non-hydrogen) atoms. The van der Waals surface area contributed by atoms with Crippen molar-refractivity contribution in [3.8, 4) is 0 Å². The molecule has 1 aliphatic rings. The maximum atomic E-state index is 11.8. The number of carbonyl (C=O) groups is 1. The van der Waals surface area contributed by atoms with E-state index < -0.39 is 5.97 Å². The first-order valence-electron chi connectivity index (χ1n) is 4.63. The van der Waals surface area contributed by atoms with Crippen molar-refractivity contribution in [1.82, 2.24) is 9.55 Å². The van der Waals surface area contributed by atoms with Crippen LogP contribution in [-0.2, 0) is 11.3 Å². The highest BCUT2D eigenvalue weighted by Crippen LogP contribution is 2.20. The van der Waals surface area contributed by atoms with Crippen molar-refractivity contribution in [3.63, 3.8) is 0 Å². The summed E-state index contributed by atoms with van der Waals surface area (Å²) in [7, 11) is 0. The molecular formula is C9H10N2O3S. The van der Waals surface area contributed by atoms with E-state index in [4.69, 9.17) is 4.74 Å². The molecule has 0 aromatic carbocycles. The van der Waals surface area contributed by atoms with Crippen LogP contribution >= 0.6 is 11.8 Å². The Morgan fingerprint density at radius 1 is 1.73 bits per heavy atom. The molecule has 6 heteroatoms. The Morgan fingerprint density at radius 3 is 3.27 bits per heavy atom. The lowest BCUT2D eigenvalue weighted by molar-refractivity contribution is 0.0522. The molecule has 0 amide bonds. The fraction of sp³-hybridized carbons (Fsp3) is 0.444. The Hall–Kier alpha value is -1.30. The fourth-order valence-electron chi connectivity index (χ4n) is 1.37. The highest BCUT2D eigenvalue weighted by Gasteiger charge is 2.20. The average Bonchev–Trinajstić information content (AvgIpc) is 2.67. The zero-order valence-electron chi connectivity index (χ0n) is 8.23.